The van der Waals surface area contributed by atoms with Crippen LogP contribution in [0.4, 0.5) is 0 Å². The first kappa shape index (κ1) is 55.1. The number of hydrogen-bond donors (Lipinski definition) is 14. The molecule has 1 aliphatic heterocycles. The second-order valence-corrected chi connectivity index (χ2v) is 16.7. The Morgan fingerprint density at radius 1 is 0.642 bits per heavy atom. The van der Waals surface area contributed by atoms with Crippen molar-refractivity contribution in [2.75, 3.05) is 6.61 Å². The van der Waals surface area contributed by atoms with Gasteiger partial charge in [-0.1, -0.05) is 70.2 Å². The van der Waals surface area contributed by atoms with Gasteiger partial charge in [-0.25, -0.2) is 0 Å². The van der Waals surface area contributed by atoms with E-state index < -0.39 is 145 Å². The zero-order valence-electron chi connectivity index (χ0n) is 37.5. The number of benzene rings is 2. The summed E-state index contributed by atoms with van der Waals surface area (Å²) >= 11 is 0. The Morgan fingerprint density at radius 3 is 1.70 bits per heavy atom. The minimum Gasteiger partial charge on any atom is -0.508 e. The number of aliphatic carboxylic acids is 1. The summed E-state index contributed by atoms with van der Waals surface area (Å²) in [5, 5.41) is 73.7. The summed E-state index contributed by atoms with van der Waals surface area (Å²) in [7, 11) is 0. The number of aliphatic hydroxyl groups is 4. The summed E-state index contributed by atoms with van der Waals surface area (Å²) in [5.41, 5.74) is 12.7. The molecule has 0 saturated carbocycles. The Kier molecular flexibility index (Phi) is 21.0. The number of ether oxygens (including phenoxy) is 2. The molecule has 2 aromatic rings. The molecular formula is C43H62N8O16. The molecule has 0 spiro atoms. The summed E-state index contributed by atoms with van der Waals surface area (Å²) in [6, 6.07) is 5.82. The lowest BCUT2D eigenvalue weighted by Crippen LogP contribution is -2.63. The predicted molar refractivity (Wildman–Crippen MR) is 233 cm³/mol. The monoisotopic (exact) mass is 946 g/mol. The fourth-order valence-corrected chi connectivity index (χ4v) is 6.65. The van der Waals surface area contributed by atoms with E-state index in [0.717, 1.165) is 0 Å². The third kappa shape index (κ3) is 16.5. The van der Waals surface area contributed by atoms with Crippen LogP contribution in [-0.2, 0) is 60.7 Å². The third-order valence-corrected chi connectivity index (χ3v) is 10.6. The van der Waals surface area contributed by atoms with Crippen molar-refractivity contribution in [3.63, 3.8) is 0 Å². The van der Waals surface area contributed by atoms with E-state index in [0.29, 0.717) is 11.1 Å². The van der Waals surface area contributed by atoms with Gasteiger partial charge in [0.15, 0.2) is 6.29 Å². The minimum atomic E-state index is -2.05. The van der Waals surface area contributed by atoms with Gasteiger partial charge in [0.1, 0.15) is 60.4 Å². The molecule has 67 heavy (non-hydrogen) atoms. The highest BCUT2D eigenvalue weighted by molar-refractivity contribution is 5.98. The summed E-state index contributed by atoms with van der Waals surface area (Å²) in [6.45, 7) is 6.57. The molecule has 1 saturated heterocycles. The van der Waals surface area contributed by atoms with Crippen LogP contribution in [0, 0.1) is 11.8 Å². The first-order valence-corrected chi connectivity index (χ1v) is 21.3. The Morgan fingerprint density at radius 2 is 1.16 bits per heavy atom. The van der Waals surface area contributed by atoms with Gasteiger partial charge in [-0.05, 0) is 48.4 Å². The summed E-state index contributed by atoms with van der Waals surface area (Å²) < 4.78 is 10.5. The smallest absolute Gasteiger partial charge is 0.305 e. The van der Waals surface area contributed by atoms with E-state index in [-0.39, 0.29) is 18.6 Å². The number of phenolic OH excluding ortho intramolecular Hbond substituents is 1. The number of aliphatic hydroxyl groups excluding tert-OH is 4. The highest BCUT2D eigenvalue weighted by Crippen LogP contribution is 2.23. The molecule has 12 atom stereocenters. The number of phenols is 1. The summed E-state index contributed by atoms with van der Waals surface area (Å²) in [4.78, 5) is 106. The minimum absolute atomic E-state index is 0.0197. The molecule has 16 N–H and O–H groups in total. The van der Waals surface area contributed by atoms with Gasteiger partial charge in [0, 0.05) is 6.42 Å². The van der Waals surface area contributed by atoms with Gasteiger partial charge in [0.2, 0.25) is 41.7 Å². The number of nitrogens with one attached hydrogen (secondary N) is 6. The number of amides is 7. The Labute approximate surface area is 385 Å². The number of nitrogens with two attached hydrogens (primary N) is 2. The molecule has 7 amide bonds. The fourth-order valence-electron chi connectivity index (χ4n) is 6.65. The number of aromatic hydroxyl groups is 1. The largest absolute Gasteiger partial charge is 0.508 e. The van der Waals surface area contributed by atoms with Gasteiger partial charge in [-0.2, -0.15) is 0 Å². The van der Waals surface area contributed by atoms with Gasteiger partial charge in [0.25, 0.3) is 5.91 Å². The molecular weight excluding hydrogens is 885 g/mol. The van der Waals surface area contributed by atoms with Crippen molar-refractivity contribution in [2.45, 2.75) is 127 Å². The maximum absolute atomic E-state index is 13.9. The lowest BCUT2D eigenvalue weighted by Gasteiger charge is -2.40. The molecule has 0 aromatic heterocycles. The zero-order valence-corrected chi connectivity index (χ0v) is 37.5. The van der Waals surface area contributed by atoms with Crippen LogP contribution in [0.2, 0.25) is 0 Å². The Balaban J connectivity index is 1.76. The first-order valence-electron chi connectivity index (χ1n) is 21.3. The standard InChI is InChI=1S/C43H62N8O16/c1-19(2)30(40(64)50-31(20(3)4)41(65)51-42(35(45)59)67-43-34(58)33(57)32(56)28(18-52)66-43)49-39(63)27(17-29(54)55)48-38(62)26(16-22-9-7-6-8-10-22)47-36(60)21(5)46-37(61)25(44)15-23-11-13-24(53)14-12-23/h6-14,19-21,25-28,30-34,42-43,52-53,56-58H,15-18,44H2,1-5H3,(H2,45,59)(H,46,61)(H,47,60)(H,48,62)(H,49,63)(H,50,64)(H,51,65)(H,54,55)/t21-,25+,26+,27+,28-,30+,31+,32+,33+,34-,42-,43-/m1/s1. The van der Waals surface area contributed by atoms with Crippen LogP contribution < -0.4 is 43.4 Å². The van der Waals surface area contributed by atoms with E-state index in [1.807, 2.05) is 0 Å². The number of carboxylic acids is 1. The number of rotatable bonds is 24. The second kappa shape index (κ2) is 25.6. The molecule has 0 unspecified atom stereocenters. The fraction of sp³-hybridized carbons (Fsp3) is 0.535. The average Bonchev–Trinajstić information content (AvgIpc) is 3.26. The van der Waals surface area contributed by atoms with Gasteiger partial charge in [-0.3, -0.25) is 38.4 Å². The normalized spacial score (nSPS) is 21.3. The van der Waals surface area contributed by atoms with Gasteiger partial charge >= 0.3 is 5.97 Å². The Bertz CT molecular complexity index is 2020. The van der Waals surface area contributed by atoms with Gasteiger partial charge < -0.3 is 83.5 Å². The van der Waals surface area contributed by atoms with Crippen LogP contribution >= 0.6 is 0 Å². The topological polar surface area (TPSA) is 401 Å². The van der Waals surface area contributed by atoms with E-state index in [4.69, 9.17) is 20.9 Å². The van der Waals surface area contributed by atoms with Gasteiger partial charge in [0.05, 0.1) is 19.1 Å². The van der Waals surface area contributed by atoms with E-state index in [1.54, 1.807) is 42.5 Å². The molecule has 1 heterocycles. The number of primary amides is 1. The number of carboxylic acid groups (broad SMARTS) is 1. The van der Waals surface area contributed by atoms with E-state index in [2.05, 4.69) is 31.9 Å². The van der Waals surface area contributed by atoms with Crippen molar-refractivity contribution in [1.82, 2.24) is 31.9 Å². The molecule has 1 aliphatic rings. The van der Waals surface area contributed by atoms with Crippen molar-refractivity contribution in [2.24, 2.45) is 23.3 Å². The lowest BCUT2D eigenvalue weighted by molar-refractivity contribution is -0.310. The van der Waals surface area contributed by atoms with Crippen LogP contribution in [-0.4, -0.2) is 158 Å². The van der Waals surface area contributed by atoms with Crippen molar-refractivity contribution in [3.05, 3.63) is 65.7 Å². The van der Waals surface area contributed by atoms with Crippen LogP contribution in [0.1, 0.15) is 52.2 Å². The number of carbonyl (C=O) groups is 8. The Hall–Kier alpha value is -6.28. The SMILES string of the molecule is CC(C)[C@H](NC(=O)[C@H](CC(=O)O)NC(=O)[C@H](Cc1ccccc1)NC(=O)[C@@H](C)NC(=O)[C@@H](N)Cc1ccc(O)cc1)C(=O)N[C@H](C(=O)N[C@H](O[C@H]1O[C@H](CO)[C@H](O)[C@H](O)[C@H]1O)C(N)=O)C(C)C. The van der Waals surface area contributed by atoms with Crippen molar-refractivity contribution in [1.29, 1.82) is 0 Å². The van der Waals surface area contributed by atoms with Gasteiger partial charge in [-0.15, -0.1) is 0 Å². The molecule has 1 fully saturated rings. The average molecular weight is 947 g/mol. The van der Waals surface area contributed by atoms with Crippen LogP contribution in [0.15, 0.2) is 54.6 Å². The molecule has 0 radical (unpaired) electrons. The molecule has 3 rings (SSSR count). The maximum atomic E-state index is 13.9. The van der Waals surface area contributed by atoms with Crippen LogP contribution in [0.25, 0.3) is 0 Å². The van der Waals surface area contributed by atoms with Crippen molar-refractivity contribution < 1.29 is 78.5 Å². The van der Waals surface area contributed by atoms with Crippen molar-refractivity contribution in [3.8, 4) is 5.75 Å². The highest BCUT2D eigenvalue weighted by atomic mass is 16.7. The predicted octanol–water partition coefficient (Wildman–Crippen LogP) is -4.52. The number of carbonyl (C=O) groups excluding carboxylic acids is 7. The lowest BCUT2D eigenvalue weighted by atomic mass is 9.99. The first-order chi connectivity index (χ1) is 31.4. The summed E-state index contributed by atoms with van der Waals surface area (Å²) in [6.07, 6.45) is -12.0. The summed E-state index contributed by atoms with van der Waals surface area (Å²) in [5.74, 6) is -9.95. The molecule has 0 bridgehead atoms. The molecule has 0 aliphatic carbocycles. The quantitative estimate of drug-likeness (QED) is 0.0441. The number of hydrogen-bond acceptors (Lipinski definition) is 16. The molecule has 24 nitrogen and oxygen atoms in total. The zero-order chi connectivity index (χ0) is 50.3. The van der Waals surface area contributed by atoms with Crippen LogP contribution in [0.3, 0.4) is 0 Å². The van der Waals surface area contributed by atoms with Crippen LogP contribution in [0.5, 0.6) is 5.75 Å². The van der Waals surface area contributed by atoms with E-state index >= 15 is 0 Å². The van der Waals surface area contributed by atoms with Crippen molar-refractivity contribution >= 4 is 47.3 Å². The van der Waals surface area contributed by atoms with E-state index in [9.17, 15) is 69.0 Å². The molecule has 24 heteroatoms. The van der Waals surface area contributed by atoms with E-state index in [1.165, 1.54) is 46.8 Å². The molecule has 2 aromatic carbocycles. The molecule has 370 valence electrons. The third-order valence-electron chi connectivity index (χ3n) is 10.6. The maximum Gasteiger partial charge on any atom is 0.305 e. The highest BCUT2D eigenvalue weighted by Gasteiger charge is 2.46. The second-order valence-electron chi connectivity index (χ2n) is 16.7.